The van der Waals surface area contributed by atoms with E-state index in [4.69, 9.17) is 4.74 Å². The molecule has 1 saturated heterocycles. The second kappa shape index (κ2) is 8.76. The predicted octanol–water partition coefficient (Wildman–Crippen LogP) is 7.07. The SMILES string of the molecule is O=C(OCc1ccccc1)N1C2C=C(c3cc(C(F)(F)F)cc(C(F)(F)F)c3)CC1CCC2. The van der Waals surface area contributed by atoms with Gasteiger partial charge in [0.05, 0.1) is 17.2 Å². The topological polar surface area (TPSA) is 29.5 Å². The van der Waals surface area contributed by atoms with Gasteiger partial charge in [-0.3, -0.25) is 4.90 Å². The lowest BCUT2D eigenvalue weighted by molar-refractivity contribution is -0.143. The monoisotopic (exact) mass is 469 g/mol. The van der Waals surface area contributed by atoms with E-state index in [0.29, 0.717) is 18.4 Å². The largest absolute Gasteiger partial charge is 0.445 e. The minimum atomic E-state index is -4.91. The van der Waals surface area contributed by atoms with Crippen molar-refractivity contribution in [2.24, 2.45) is 0 Å². The summed E-state index contributed by atoms with van der Waals surface area (Å²) < 4.78 is 85.1. The summed E-state index contributed by atoms with van der Waals surface area (Å²) in [6.07, 6.45) is -6.63. The van der Waals surface area contributed by atoms with Crippen LogP contribution in [0.1, 0.15) is 47.9 Å². The molecular weight excluding hydrogens is 448 g/mol. The minimum Gasteiger partial charge on any atom is -0.445 e. The number of benzene rings is 2. The molecule has 0 spiro atoms. The van der Waals surface area contributed by atoms with Crippen LogP contribution in [0.3, 0.4) is 0 Å². The third kappa shape index (κ3) is 5.17. The molecule has 0 N–H and O–H groups in total. The lowest BCUT2D eigenvalue weighted by atomic mass is 9.82. The number of halogens is 6. The first-order valence-corrected chi connectivity index (χ1v) is 10.5. The van der Waals surface area contributed by atoms with E-state index in [9.17, 15) is 31.1 Å². The number of rotatable bonds is 3. The second-order valence-electron chi connectivity index (χ2n) is 8.29. The highest BCUT2D eigenvalue weighted by Crippen LogP contribution is 2.42. The van der Waals surface area contributed by atoms with E-state index in [1.807, 2.05) is 30.3 Å². The quantitative estimate of drug-likeness (QED) is 0.450. The predicted molar refractivity (Wildman–Crippen MR) is 109 cm³/mol. The van der Waals surface area contributed by atoms with Crippen LogP contribution in [-0.2, 0) is 23.7 Å². The van der Waals surface area contributed by atoms with Crippen LogP contribution >= 0.6 is 0 Å². The Labute approximate surface area is 186 Å². The number of ether oxygens (including phenoxy) is 1. The first-order chi connectivity index (χ1) is 15.5. The van der Waals surface area contributed by atoms with Crippen LogP contribution < -0.4 is 0 Å². The number of carbonyl (C=O) groups excluding carboxylic acids is 1. The zero-order chi connectivity index (χ0) is 23.8. The maximum atomic E-state index is 13.3. The van der Waals surface area contributed by atoms with E-state index >= 15 is 0 Å². The van der Waals surface area contributed by atoms with Crippen molar-refractivity contribution in [1.82, 2.24) is 4.90 Å². The molecule has 2 atom stereocenters. The van der Waals surface area contributed by atoms with Crippen molar-refractivity contribution >= 4 is 11.7 Å². The van der Waals surface area contributed by atoms with Crippen LogP contribution in [0.25, 0.3) is 5.57 Å². The molecule has 2 bridgehead atoms. The molecular formula is C24H21F6NO2. The van der Waals surface area contributed by atoms with E-state index in [-0.39, 0.29) is 30.7 Å². The Hall–Kier alpha value is -2.97. The van der Waals surface area contributed by atoms with Crippen molar-refractivity contribution in [1.29, 1.82) is 0 Å². The van der Waals surface area contributed by atoms with Gasteiger partial charge in [-0.15, -0.1) is 0 Å². The molecule has 1 fully saturated rings. The molecule has 176 valence electrons. The molecule has 0 aromatic heterocycles. The maximum absolute atomic E-state index is 13.3. The summed E-state index contributed by atoms with van der Waals surface area (Å²) in [6.45, 7) is 0.0781. The Balaban J connectivity index is 1.61. The van der Waals surface area contributed by atoms with Gasteiger partial charge in [-0.1, -0.05) is 36.4 Å². The molecule has 33 heavy (non-hydrogen) atoms. The standard InChI is InChI=1S/C24H21F6NO2/c25-23(26,27)18-9-16(10-19(13-18)24(28,29)30)17-11-20-7-4-8-21(12-17)31(20)22(32)33-14-15-5-2-1-3-6-15/h1-3,5-6,9-11,13,20-21H,4,7-8,12,14H2. The van der Waals surface area contributed by atoms with Gasteiger partial charge < -0.3 is 4.74 Å². The van der Waals surface area contributed by atoms with Crippen molar-refractivity contribution in [2.45, 2.75) is 56.7 Å². The Morgan fingerprint density at radius 3 is 2.15 bits per heavy atom. The van der Waals surface area contributed by atoms with Gasteiger partial charge in [0.2, 0.25) is 0 Å². The number of hydrogen-bond donors (Lipinski definition) is 0. The van der Waals surface area contributed by atoms with Crippen LogP contribution in [0.5, 0.6) is 0 Å². The third-order valence-corrected chi connectivity index (χ3v) is 6.01. The fourth-order valence-corrected chi connectivity index (χ4v) is 4.46. The Morgan fingerprint density at radius 1 is 0.939 bits per heavy atom. The molecule has 0 radical (unpaired) electrons. The first kappa shape index (κ1) is 23.2. The molecule has 2 unspecified atom stereocenters. The van der Waals surface area contributed by atoms with Gasteiger partial charge in [-0.2, -0.15) is 26.3 Å². The van der Waals surface area contributed by atoms with Gasteiger partial charge in [0.1, 0.15) is 6.61 Å². The van der Waals surface area contributed by atoms with Gasteiger partial charge in [-0.05, 0) is 60.6 Å². The average Bonchev–Trinajstić information content (AvgIpc) is 2.75. The molecule has 4 rings (SSSR count). The smallest absolute Gasteiger partial charge is 0.416 e. The van der Waals surface area contributed by atoms with E-state index in [1.165, 1.54) is 0 Å². The van der Waals surface area contributed by atoms with Gasteiger partial charge in [-0.25, -0.2) is 4.79 Å². The zero-order valence-corrected chi connectivity index (χ0v) is 17.4. The normalized spacial score (nSPS) is 20.9. The molecule has 2 heterocycles. The number of carbonyl (C=O) groups is 1. The van der Waals surface area contributed by atoms with Crippen molar-refractivity contribution < 1.29 is 35.9 Å². The van der Waals surface area contributed by atoms with E-state index in [2.05, 4.69) is 0 Å². The van der Waals surface area contributed by atoms with Gasteiger partial charge >= 0.3 is 18.4 Å². The van der Waals surface area contributed by atoms with Crippen LogP contribution in [0.2, 0.25) is 0 Å². The summed E-state index contributed by atoms with van der Waals surface area (Å²) in [6, 6.07) is 9.93. The van der Waals surface area contributed by atoms with Gasteiger partial charge in [0.15, 0.2) is 0 Å². The minimum absolute atomic E-state index is 0.0781. The molecule has 1 amide bonds. The van der Waals surface area contributed by atoms with Crippen LogP contribution in [-0.4, -0.2) is 23.1 Å². The molecule has 2 aliphatic rings. The lowest BCUT2D eigenvalue weighted by Crippen LogP contribution is -2.51. The zero-order valence-electron chi connectivity index (χ0n) is 17.4. The number of alkyl halides is 6. The highest BCUT2D eigenvalue weighted by Gasteiger charge is 2.40. The lowest BCUT2D eigenvalue weighted by Gasteiger charge is -2.44. The summed E-state index contributed by atoms with van der Waals surface area (Å²) in [7, 11) is 0. The molecule has 3 nitrogen and oxygen atoms in total. The Bertz CT molecular complexity index is 1010. The fourth-order valence-electron chi connectivity index (χ4n) is 4.46. The van der Waals surface area contributed by atoms with Crippen LogP contribution in [0, 0.1) is 0 Å². The molecule has 2 aromatic rings. The summed E-state index contributed by atoms with van der Waals surface area (Å²) in [5.41, 5.74) is -1.61. The summed E-state index contributed by atoms with van der Waals surface area (Å²) in [5.74, 6) is 0. The second-order valence-corrected chi connectivity index (χ2v) is 8.29. The summed E-state index contributed by atoms with van der Waals surface area (Å²) in [5, 5.41) is 0. The highest BCUT2D eigenvalue weighted by atomic mass is 19.4. The summed E-state index contributed by atoms with van der Waals surface area (Å²) in [4.78, 5) is 14.3. The van der Waals surface area contributed by atoms with Crippen molar-refractivity contribution in [3.8, 4) is 0 Å². The number of hydrogen-bond acceptors (Lipinski definition) is 2. The first-order valence-electron chi connectivity index (χ1n) is 10.5. The van der Waals surface area contributed by atoms with E-state index in [1.54, 1.807) is 11.0 Å². The highest BCUT2D eigenvalue weighted by molar-refractivity contribution is 5.75. The molecule has 0 saturated carbocycles. The van der Waals surface area contributed by atoms with Crippen molar-refractivity contribution in [3.63, 3.8) is 0 Å². The summed E-state index contributed by atoms with van der Waals surface area (Å²) >= 11 is 0. The van der Waals surface area contributed by atoms with E-state index in [0.717, 1.165) is 24.1 Å². The average molecular weight is 469 g/mol. The Morgan fingerprint density at radius 2 is 1.58 bits per heavy atom. The van der Waals surface area contributed by atoms with Crippen molar-refractivity contribution in [3.05, 3.63) is 76.9 Å². The maximum Gasteiger partial charge on any atom is 0.416 e. The van der Waals surface area contributed by atoms with Gasteiger partial charge in [0.25, 0.3) is 0 Å². The number of fused-ring (bicyclic) bond motifs is 2. The number of amides is 1. The Kier molecular flexibility index (Phi) is 6.16. The van der Waals surface area contributed by atoms with Crippen LogP contribution in [0.15, 0.2) is 54.6 Å². The number of nitrogens with zero attached hydrogens (tertiary/aromatic N) is 1. The fraction of sp³-hybridized carbons (Fsp3) is 0.375. The third-order valence-electron chi connectivity index (χ3n) is 6.01. The molecule has 0 aliphatic carbocycles. The van der Waals surface area contributed by atoms with E-state index < -0.39 is 35.6 Å². The number of piperidine rings is 1. The van der Waals surface area contributed by atoms with Crippen LogP contribution in [0.4, 0.5) is 31.1 Å². The molecule has 2 aliphatic heterocycles. The van der Waals surface area contributed by atoms with Gasteiger partial charge in [0, 0.05) is 6.04 Å². The van der Waals surface area contributed by atoms with Crippen molar-refractivity contribution in [2.75, 3.05) is 0 Å². The molecule has 2 aromatic carbocycles. The molecule has 9 heteroatoms.